The molecule has 0 radical (unpaired) electrons. The van der Waals surface area contributed by atoms with Crippen LogP contribution in [0.4, 0.5) is 0 Å². The number of aldehydes is 1. The molecule has 1 saturated heterocycles. The Balaban J connectivity index is 2.06. The molecular formula is C14H17NO3. The molecule has 0 saturated carbocycles. The lowest BCUT2D eigenvalue weighted by molar-refractivity contribution is 0.111. The van der Waals surface area contributed by atoms with Gasteiger partial charge in [0, 0.05) is 24.4 Å². The van der Waals surface area contributed by atoms with Crippen molar-refractivity contribution in [2.75, 3.05) is 26.3 Å². The first-order valence-corrected chi connectivity index (χ1v) is 6.48. The van der Waals surface area contributed by atoms with E-state index in [1.54, 1.807) is 0 Å². The fourth-order valence-corrected chi connectivity index (χ4v) is 2.63. The Kier molecular flexibility index (Phi) is 3.19. The van der Waals surface area contributed by atoms with E-state index in [0.717, 1.165) is 38.0 Å². The van der Waals surface area contributed by atoms with Crippen molar-refractivity contribution >= 4 is 6.29 Å². The van der Waals surface area contributed by atoms with Crippen molar-refractivity contribution in [1.82, 2.24) is 5.32 Å². The van der Waals surface area contributed by atoms with Gasteiger partial charge in [-0.1, -0.05) is 6.07 Å². The maximum Gasteiger partial charge on any atom is 0.171 e. The second-order valence-corrected chi connectivity index (χ2v) is 4.76. The summed E-state index contributed by atoms with van der Waals surface area (Å²) in [5.74, 6) is 1.87. The van der Waals surface area contributed by atoms with E-state index in [9.17, 15) is 4.79 Å². The van der Waals surface area contributed by atoms with E-state index >= 15 is 0 Å². The summed E-state index contributed by atoms with van der Waals surface area (Å²) in [5.41, 5.74) is 1.75. The molecule has 1 aromatic carbocycles. The maximum absolute atomic E-state index is 11.1. The molecule has 0 amide bonds. The third-order valence-electron chi connectivity index (χ3n) is 3.58. The van der Waals surface area contributed by atoms with E-state index in [1.807, 2.05) is 12.1 Å². The molecule has 3 rings (SSSR count). The lowest BCUT2D eigenvalue weighted by Crippen LogP contribution is -2.09. The van der Waals surface area contributed by atoms with Gasteiger partial charge in [-0.2, -0.15) is 0 Å². The van der Waals surface area contributed by atoms with Gasteiger partial charge < -0.3 is 14.8 Å². The SMILES string of the molecule is O=Cc1ccc(C2CCNC2)c2c1OCCCO2. The van der Waals surface area contributed by atoms with E-state index in [1.165, 1.54) is 5.56 Å². The van der Waals surface area contributed by atoms with Gasteiger partial charge in [-0.15, -0.1) is 0 Å². The van der Waals surface area contributed by atoms with Crippen LogP contribution in [0.3, 0.4) is 0 Å². The molecule has 4 heteroatoms. The van der Waals surface area contributed by atoms with Crippen LogP contribution in [0.25, 0.3) is 0 Å². The Morgan fingerprint density at radius 3 is 2.78 bits per heavy atom. The van der Waals surface area contributed by atoms with E-state index in [-0.39, 0.29) is 0 Å². The molecule has 1 atom stereocenters. The third kappa shape index (κ3) is 1.97. The van der Waals surface area contributed by atoms with Gasteiger partial charge in [0.1, 0.15) is 0 Å². The molecule has 1 aromatic rings. The van der Waals surface area contributed by atoms with E-state index < -0.39 is 0 Å². The van der Waals surface area contributed by atoms with Crippen LogP contribution in [0, 0.1) is 0 Å². The number of ether oxygens (including phenoxy) is 2. The molecule has 96 valence electrons. The van der Waals surface area contributed by atoms with Crippen molar-refractivity contribution in [3.05, 3.63) is 23.3 Å². The van der Waals surface area contributed by atoms with Gasteiger partial charge in [0.2, 0.25) is 0 Å². The molecule has 0 spiro atoms. The van der Waals surface area contributed by atoms with Gasteiger partial charge in [-0.25, -0.2) is 0 Å². The van der Waals surface area contributed by atoms with Gasteiger partial charge >= 0.3 is 0 Å². The van der Waals surface area contributed by atoms with Gasteiger partial charge in [-0.05, 0) is 19.0 Å². The van der Waals surface area contributed by atoms with E-state index in [4.69, 9.17) is 9.47 Å². The zero-order chi connectivity index (χ0) is 12.4. The number of nitrogens with one attached hydrogen (secondary N) is 1. The number of carbonyl (C=O) groups is 1. The van der Waals surface area contributed by atoms with Gasteiger partial charge in [0.25, 0.3) is 0 Å². The molecule has 0 aromatic heterocycles. The minimum atomic E-state index is 0.459. The molecule has 2 heterocycles. The smallest absolute Gasteiger partial charge is 0.171 e. The molecule has 18 heavy (non-hydrogen) atoms. The van der Waals surface area contributed by atoms with Crippen molar-refractivity contribution in [2.45, 2.75) is 18.8 Å². The number of hydrogen-bond donors (Lipinski definition) is 1. The summed E-state index contributed by atoms with van der Waals surface area (Å²) in [6, 6.07) is 3.85. The van der Waals surface area contributed by atoms with Crippen molar-refractivity contribution in [3.8, 4) is 11.5 Å². The number of hydrogen-bond acceptors (Lipinski definition) is 4. The summed E-state index contributed by atoms with van der Waals surface area (Å²) >= 11 is 0. The van der Waals surface area contributed by atoms with Crippen molar-refractivity contribution in [1.29, 1.82) is 0 Å². The van der Waals surface area contributed by atoms with Gasteiger partial charge in [0.15, 0.2) is 17.8 Å². The van der Waals surface area contributed by atoms with Gasteiger partial charge in [-0.3, -0.25) is 4.79 Å². The predicted molar refractivity (Wildman–Crippen MR) is 67.7 cm³/mol. The summed E-state index contributed by atoms with van der Waals surface area (Å²) in [5, 5.41) is 3.36. The van der Waals surface area contributed by atoms with Gasteiger partial charge in [0.05, 0.1) is 18.8 Å². The lowest BCUT2D eigenvalue weighted by atomic mass is 9.95. The van der Waals surface area contributed by atoms with Crippen LogP contribution in [-0.4, -0.2) is 32.6 Å². The van der Waals surface area contributed by atoms with Crippen molar-refractivity contribution < 1.29 is 14.3 Å². The Morgan fingerprint density at radius 1 is 1.22 bits per heavy atom. The molecule has 1 N–H and O–H groups in total. The summed E-state index contributed by atoms with van der Waals surface area (Å²) in [4.78, 5) is 11.1. The molecule has 0 aliphatic carbocycles. The molecule has 4 nitrogen and oxygen atoms in total. The Labute approximate surface area is 106 Å². The van der Waals surface area contributed by atoms with Crippen LogP contribution in [0.2, 0.25) is 0 Å². The molecule has 1 fully saturated rings. The standard InChI is InChI=1S/C14H17NO3/c16-9-11-2-3-12(10-4-5-15-8-10)14-13(11)17-6-1-7-18-14/h2-3,9-10,15H,1,4-8H2. The highest BCUT2D eigenvalue weighted by molar-refractivity contribution is 5.82. The highest BCUT2D eigenvalue weighted by Crippen LogP contribution is 2.41. The highest BCUT2D eigenvalue weighted by atomic mass is 16.5. The van der Waals surface area contributed by atoms with Crippen LogP contribution >= 0.6 is 0 Å². The highest BCUT2D eigenvalue weighted by Gasteiger charge is 2.25. The fourth-order valence-electron chi connectivity index (χ4n) is 2.63. The number of carbonyl (C=O) groups excluding carboxylic acids is 1. The molecular weight excluding hydrogens is 230 g/mol. The summed E-state index contributed by atoms with van der Waals surface area (Å²) in [6.07, 6.45) is 2.80. The molecule has 0 bridgehead atoms. The summed E-state index contributed by atoms with van der Waals surface area (Å²) in [6.45, 7) is 3.27. The van der Waals surface area contributed by atoms with Crippen LogP contribution < -0.4 is 14.8 Å². The number of fused-ring (bicyclic) bond motifs is 1. The zero-order valence-electron chi connectivity index (χ0n) is 10.3. The predicted octanol–water partition coefficient (Wildman–Crippen LogP) is 1.74. The molecule has 1 unspecified atom stereocenters. The average Bonchev–Trinajstić information content (AvgIpc) is 2.81. The van der Waals surface area contributed by atoms with E-state index in [0.29, 0.717) is 30.4 Å². The minimum absolute atomic E-state index is 0.459. The Morgan fingerprint density at radius 2 is 2.06 bits per heavy atom. The average molecular weight is 247 g/mol. The monoisotopic (exact) mass is 247 g/mol. The number of rotatable bonds is 2. The quantitative estimate of drug-likeness (QED) is 0.809. The second kappa shape index (κ2) is 4.98. The third-order valence-corrected chi connectivity index (χ3v) is 3.58. The van der Waals surface area contributed by atoms with Crippen molar-refractivity contribution in [3.63, 3.8) is 0 Å². The van der Waals surface area contributed by atoms with E-state index in [2.05, 4.69) is 5.32 Å². The van der Waals surface area contributed by atoms with Crippen LogP contribution in [-0.2, 0) is 0 Å². The Bertz CT molecular complexity index is 453. The first-order chi connectivity index (χ1) is 8.90. The Hall–Kier alpha value is -1.55. The summed E-state index contributed by atoms with van der Waals surface area (Å²) in [7, 11) is 0. The second-order valence-electron chi connectivity index (χ2n) is 4.76. The van der Waals surface area contributed by atoms with Crippen LogP contribution in [0.5, 0.6) is 11.5 Å². The van der Waals surface area contributed by atoms with Crippen molar-refractivity contribution in [2.24, 2.45) is 0 Å². The van der Waals surface area contributed by atoms with Crippen LogP contribution in [0.1, 0.15) is 34.7 Å². The summed E-state index contributed by atoms with van der Waals surface area (Å²) < 4.78 is 11.5. The lowest BCUT2D eigenvalue weighted by Gasteiger charge is -2.17. The topological polar surface area (TPSA) is 47.6 Å². The van der Waals surface area contributed by atoms with Crippen LogP contribution in [0.15, 0.2) is 12.1 Å². The fraction of sp³-hybridized carbons (Fsp3) is 0.500. The first-order valence-electron chi connectivity index (χ1n) is 6.48. The minimum Gasteiger partial charge on any atom is -0.489 e. The number of benzene rings is 1. The normalized spacial score (nSPS) is 22.6. The molecule has 2 aliphatic rings. The molecule has 2 aliphatic heterocycles. The first kappa shape index (κ1) is 11.5. The largest absolute Gasteiger partial charge is 0.489 e. The maximum atomic E-state index is 11.1. The zero-order valence-corrected chi connectivity index (χ0v) is 10.3.